The normalized spacial score (nSPS) is 16.8. The first-order chi connectivity index (χ1) is 24.5. The fourth-order valence-corrected chi connectivity index (χ4v) is 8.25. The predicted molar refractivity (Wildman–Crippen MR) is 204 cm³/mol. The summed E-state index contributed by atoms with van der Waals surface area (Å²) in [5.74, 6) is -0.905. The molecule has 0 fully saturated rings. The molecule has 0 amide bonds. The summed E-state index contributed by atoms with van der Waals surface area (Å²) in [6.07, 6.45) is -4.25. The molecule has 0 radical (unpaired) electrons. The van der Waals surface area contributed by atoms with Gasteiger partial charge in [0.25, 0.3) is 0 Å². The van der Waals surface area contributed by atoms with Gasteiger partial charge in [-0.3, -0.25) is 0 Å². The maximum atomic E-state index is 13.8. The number of rotatable bonds is 6. The van der Waals surface area contributed by atoms with E-state index < -0.39 is 35.0 Å². The molecule has 252 valence electrons. The van der Waals surface area contributed by atoms with Crippen LogP contribution in [-0.2, 0) is 18.0 Å². The highest BCUT2D eigenvalue weighted by Crippen LogP contribution is 2.64. The third kappa shape index (κ3) is 5.84. The number of carbonyl (C=O) groups excluding carboxylic acids is 2. The standard InChI is InChI=1S/C42H25F3I2O4/c43-42(44,45)27-15-9-24(10-16-27)23-41-32-7-3-1-5-30(32)36(31-6-2-4-8-33(31)41)37-34(50-39(48)25-11-17-28(46)18-12-25)21-22-35(38(37)41)51-40(49)26-13-19-29(47)20-14-26/h1-22,36H,23H2. The number of alkyl halides is 3. The lowest BCUT2D eigenvalue weighted by Crippen LogP contribution is -2.44. The first-order valence-electron chi connectivity index (χ1n) is 16.0. The van der Waals surface area contributed by atoms with E-state index in [1.807, 2.05) is 72.8 Å². The van der Waals surface area contributed by atoms with Gasteiger partial charge in [-0.15, -0.1) is 0 Å². The molecule has 6 aromatic carbocycles. The van der Waals surface area contributed by atoms with Crippen LogP contribution in [0.3, 0.4) is 0 Å². The van der Waals surface area contributed by atoms with Gasteiger partial charge in [0.05, 0.1) is 22.1 Å². The maximum absolute atomic E-state index is 13.8. The molecule has 0 atom stereocenters. The fraction of sp³-hybridized carbons (Fsp3) is 0.0952. The van der Waals surface area contributed by atoms with Gasteiger partial charge in [0.1, 0.15) is 11.5 Å². The Hall–Kier alpha value is -4.49. The van der Waals surface area contributed by atoms with E-state index in [1.54, 1.807) is 36.4 Å². The van der Waals surface area contributed by atoms with E-state index in [2.05, 4.69) is 45.2 Å². The van der Waals surface area contributed by atoms with Crippen molar-refractivity contribution in [1.29, 1.82) is 0 Å². The molecule has 0 saturated carbocycles. The van der Waals surface area contributed by atoms with Crippen molar-refractivity contribution in [1.82, 2.24) is 0 Å². The van der Waals surface area contributed by atoms with Crippen molar-refractivity contribution in [3.8, 4) is 11.5 Å². The van der Waals surface area contributed by atoms with Crippen LogP contribution in [-0.4, -0.2) is 11.9 Å². The molecular weight excluding hydrogens is 879 g/mol. The van der Waals surface area contributed by atoms with Gasteiger partial charge in [-0.25, -0.2) is 9.59 Å². The fourth-order valence-electron chi connectivity index (χ4n) is 7.54. The molecule has 3 aliphatic rings. The number of halogens is 5. The molecule has 4 nitrogen and oxygen atoms in total. The molecule has 0 N–H and O–H groups in total. The first-order valence-corrected chi connectivity index (χ1v) is 18.2. The molecule has 0 unspecified atom stereocenters. The molecule has 0 spiro atoms. The molecule has 9 heteroatoms. The van der Waals surface area contributed by atoms with Crippen molar-refractivity contribution in [2.45, 2.75) is 23.9 Å². The highest BCUT2D eigenvalue weighted by Gasteiger charge is 2.54. The Balaban J connectivity index is 1.38. The minimum absolute atomic E-state index is 0.238. The third-order valence-electron chi connectivity index (χ3n) is 9.66. The summed E-state index contributed by atoms with van der Waals surface area (Å²) in [6.45, 7) is 0. The smallest absolute Gasteiger partial charge is 0.416 e. The van der Waals surface area contributed by atoms with Crippen LogP contribution in [0.4, 0.5) is 13.2 Å². The average molecular weight is 904 g/mol. The second kappa shape index (κ2) is 12.9. The van der Waals surface area contributed by atoms with E-state index in [4.69, 9.17) is 9.47 Å². The Labute approximate surface area is 318 Å². The van der Waals surface area contributed by atoms with Gasteiger partial charge in [0.2, 0.25) is 0 Å². The molecule has 2 bridgehead atoms. The molecule has 0 aromatic heterocycles. The monoisotopic (exact) mass is 904 g/mol. The quantitative estimate of drug-likeness (QED) is 0.0949. The van der Waals surface area contributed by atoms with Gasteiger partial charge in [-0.05, 0) is 152 Å². The van der Waals surface area contributed by atoms with Gasteiger partial charge in [0, 0.05) is 24.2 Å². The van der Waals surface area contributed by atoms with Crippen LogP contribution in [0.2, 0.25) is 0 Å². The molecule has 0 saturated heterocycles. The Morgan fingerprint density at radius 3 is 1.59 bits per heavy atom. The van der Waals surface area contributed by atoms with Crippen LogP contribution in [0.25, 0.3) is 0 Å². The highest BCUT2D eigenvalue weighted by atomic mass is 127. The number of esters is 2. The minimum atomic E-state index is -4.49. The largest absolute Gasteiger partial charge is 0.423 e. The Bertz CT molecular complexity index is 2290. The van der Waals surface area contributed by atoms with Crippen molar-refractivity contribution in [3.05, 3.63) is 196 Å². The van der Waals surface area contributed by atoms with Crippen LogP contribution < -0.4 is 9.47 Å². The van der Waals surface area contributed by atoms with E-state index in [-0.39, 0.29) is 12.2 Å². The maximum Gasteiger partial charge on any atom is 0.416 e. The van der Waals surface area contributed by atoms with Gasteiger partial charge < -0.3 is 9.47 Å². The zero-order chi connectivity index (χ0) is 35.5. The molecular formula is C42H25F3I2O4. The van der Waals surface area contributed by atoms with Crippen LogP contribution in [0.15, 0.2) is 133 Å². The second-order valence-electron chi connectivity index (χ2n) is 12.5. The van der Waals surface area contributed by atoms with Gasteiger partial charge in [-0.2, -0.15) is 13.2 Å². The second-order valence-corrected chi connectivity index (χ2v) is 15.0. The van der Waals surface area contributed by atoms with Crippen molar-refractivity contribution in [2.24, 2.45) is 0 Å². The van der Waals surface area contributed by atoms with E-state index in [9.17, 15) is 22.8 Å². The molecule has 6 aromatic rings. The van der Waals surface area contributed by atoms with E-state index in [0.717, 1.165) is 41.5 Å². The molecule has 0 heterocycles. The average Bonchev–Trinajstić information content (AvgIpc) is 3.13. The van der Waals surface area contributed by atoms with E-state index in [1.165, 1.54) is 12.1 Å². The lowest BCUT2D eigenvalue weighted by atomic mass is 9.51. The van der Waals surface area contributed by atoms with Crippen molar-refractivity contribution in [2.75, 3.05) is 0 Å². The molecule has 51 heavy (non-hydrogen) atoms. The summed E-state index contributed by atoms with van der Waals surface area (Å²) in [4.78, 5) is 27.4. The summed E-state index contributed by atoms with van der Waals surface area (Å²) >= 11 is 4.34. The summed E-state index contributed by atoms with van der Waals surface area (Å²) in [5, 5.41) is 0. The lowest BCUT2D eigenvalue weighted by Gasteiger charge is -2.51. The summed E-state index contributed by atoms with van der Waals surface area (Å²) in [6, 6.07) is 38.5. The van der Waals surface area contributed by atoms with Crippen molar-refractivity contribution >= 4 is 57.1 Å². The van der Waals surface area contributed by atoms with Crippen LogP contribution >= 0.6 is 45.2 Å². The lowest BCUT2D eigenvalue weighted by molar-refractivity contribution is -0.137. The van der Waals surface area contributed by atoms with Crippen molar-refractivity contribution < 1.29 is 32.2 Å². The Kier molecular flexibility index (Phi) is 8.53. The first kappa shape index (κ1) is 33.6. The highest BCUT2D eigenvalue weighted by molar-refractivity contribution is 14.1. The predicted octanol–water partition coefficient (Wildman–Crippen LogP) is 10.7. The van der Waals surface area contributed by atoms with Crippen LogP contribution in [0.5, 0.6) is 11.5 Å². The molecule has 0 aliphatic heterocycles. The number of hydrogen-bond acceptors (Lipinski definition) is 4. The third-order valence-corrected chi connectivity index (χ3v) is 11.1. The van der Waals surface area contributed by atoms with Crippen molar-refractivity contribution in [3.63, 3.8) is 0 Å². The van der Waals surface area contributed by atoms with Crippen LogP contribution in [0, 0.1) is 7.14 Å². The summed E-state index contributed by atoms with van der Waals surface area (Å²) < 4.78 is 55.4. The van der Waals surface area contributed by atoms with Crippen LogP contribution in [0.1, 0.15) is 71.1 Å². The minimum Gasteiger partial charge on any atom is -0.423 e. The number of benzene rings is 6. The van der Waals surface area contributed by atoms with Gasteiger partial charge in [0.15, 0.2) is 0 Å². The topological polar surface area (TPSA) is 52.6 Å². The summed E-state index contributed by atoms with van der Waals surface area (Å²) in [5.41, 5.74) is 4.74. The molecule has 3 aliphatic carbocycles. The zero-order valence-electron chi connectivity index (χ0n) is 26.5. The van der Waals surface area contributed by atoms with Gasteiger partial charge >= 0.3 is 18.1 Å². The number of carbonyl (C=O) groups is 2. The van der Waals surface area contributed by atoms with E-state index >= 15 is 0 Å². The number of ether oxygens (including phenoxy) is 2. The van der Waals surface area contributed by atoms with E-state index in [0.29, 0.717) is 33.6 Å². The Morgan fingerprint density at radius 2 is 1.08 bits per heavy atom. The zero-order valence-corrected chi connectivity index (χ0v) is 30.8. The van der Waals surface area contributed by atoms with Gasteiger partial charge in [-0.1, -0.05) is 60.7 Å². The summed E-state index contributed by atoms with van der Waals surface area (Å²) in [7, 11) is 0. The SMILES string of the molecule is O=C(Oc1ccc(OC(=O)c2ccc(I)cc2)c2c1C1c3ccccc3C2(Cc2ccc(C(F)(F)F)cc2)c2ccccc21)c1ccc(I)cc1. The number of hydrogen-bond donors (Lipinski definition) is 0. The Morgan fingerprint density at radius 1 is 0.608 bits per heavy atom. The molecule has 9 rings (SSSR count).